The predicted octanol–water partition coefficient (Wildman–Crippen LogP) is 0.871. The van der Waals surface area contributed by atoms with Gasteiger partial charge in [0.2, 0.25) is 0 Å². The number of β-amino-alcohol motifs (C(OH)–C–C–N with tert-alkyl or cyclic N) is 1. The van der Waals surface area contributed by atoms with Crippen molar-refractivity contribution in [3.05, 3.63) is 0 Å². The highest BCUT2D eigenvalue weighted by atomic mass is 16.6. The number of aliphatic hydroxyl groups excluding tert-OH is 1. The Balaban J connectivity index is 2.50. The van der Waals surface area contributed by atoms with E-state index in [2.05, 4.69) is 0 Å². The van der Waals surface area contributed by atoms with E-state index in [-0.39, 0.29) is 11.9 Å². The molecule has 1 rings (SSSR count). The van der Waals surface area contributed by atoms with Crippen LogP contribution >= 0.6 is 0 Å². The van der Waals surface area contributed by atoms with Crippen LogP contribution in [-0.4, -0.2) is 48.2 Å². The third kappa shape index (κ3) is 3.41. The maximum absolute atomic E-state index is 11.7. The summed E-state index contributed by atoms with van der Waals surface area (Å²) < 4.78 is 5.24. The zero-order chi connectivity index (χ0) is 11.6. The summed E-state index contributed by atoms with van der Waals surface area (Å²) in [5.41, 5.74) is -0.466. The average Bonchev–Trinajstić information content (AvgIpc) is 2.43. The Labute approximate surface area is 91.8 Å². The van der Waals surface area contributed by atoms with Gasteiger partial charge in [0.05, 0.1) is 6.10 Å². The van der Waals surface area contributed by atoms with Gasteiger partial charge < -0.3 is 14.7 Å². The molecule has 1 saturated heterocycles. The molecule has 0 aromatic heterocycles. The van der Waals surface area contributed by atoms with Gasteiger partial charge in [-0.25, -0.2) is 4.79 Å². The summed E-state index contributed by atoms with van der Waals surface area (Å²) in [7, 11) is 0.889. The first-order chi connectivity index (χ1) is 6.83. The highest BCUT2D eigenvalue weighted by Gasteiger charge is 2.34. The lowest BCUT2D eigenvalue weighted by molar-refractivity contribution is 0.0270. The molecule has 1 N–H and O–H groups in total. The maximum atomic E-state index is 11.7. The van der Waals surface area contributed by atoms with E-state index in [9.17, 15) is 9.90 Å². The second kappa shape index (κ2) is 4.43. The first-order valence-electron chi connectivity index (χ1n) is 5.49. The molecular weight excluding hydrogens is 193 g/mol. The Morgan fingerprint density at radius 1 is 1.47 bits per heavy atom. The fraction of sp³-hybridized carbons (Fsp3) is 0.900. The van der Waals surface area contributed by atoms with Gasteiger partial charge in [0.25, 0.3) is 0 Å². The van der Waals surface area contributed by atoms with Crippen molar-refractivity contribution < 1.29 is 14.6 Å². The van der Waals surface area contributed by atoms with Crippen molar-refractivity contribution in [1.82, 2.24) is 4.90 Å². The molecule has 1 aliphatic rings. The highest BCUT2D eigenvalue weighted by molar-refractivity contribution is 6.36. The SMILES string of the molecule is CB[C@H]1CN(C(=O)OC(C)(C)C)C[C@@H]1O. The summed E-state index contributed by atoms with van der Waals surface area (Å²) in [4.78, 5) is 13.2. The molecule has 0 bridgehead atoms. The Morgan fingerprint density at radius 2 is 2.07 bits per heavy atom. The fourth-order valence-corrected chi connectivity index (χ4v) is 1.73. The molecule has 15 heavy (non-hydrogen) atoms. The second-order valence-electron chi connectivity index (χ2n) is 5.12. The lowest BCUT2D eigenvalue weighted by Crippen LogP contribution is -2.35. The van der Waals surface area contributed by atoms with Crippen LogP contribution in [0.25, 0.3) is 0 Å². The van der Waals surface area contributed by atoms with E-state index in [1.54, 1.807) is 4.90 Å². The van der Waals surface area contributed by atoms with Crippen molar-refractivity contribution in [3.8, 4) is 0 Å². The molecule has 2 atom stereocenters. The van der Waals surface area contributed by atoms with E-state index >= 15 is 0 Å². The van der Waals surface area contributed by atoms with Gasteiger partial charge in [-0.1, -0.05) is 6.82 Å². The largest absolute Gasteiger partial charge is 0.444 e. The molecule has 0 saturated carbocycles. The van der Waals surface area contributed by atoms with Gasteiger partial charge in [0.15, 0.2) is 0 Å². The van der Waals surface area contributed by atoms with Gasteiger partial charge in [-0.15, -0.1) is 0 Å². The molecule has 4 nitrogen and oxygen atoms in total. The molecule has 0 aromatic carbocycles. The smallest absolute Gasteiger partial charge is 0.410 e. The van der Waals surface area contributed by atoms with E-state index in [1.807, 2.05) is 27.6 Å². The number of rotatable bonds is 1. The average molecular weight is 213 g/mol. The van der Waals surface area contributed by atoms with Gasteiger partial charge in [-0.2, -0.15) is 0 Å². The van der Waals surface area contributed by atoms with Crippen molar-refractivity contribution in [2.45, 2.75) is 45.1 Å². The van der Waals surface area contributed by atoms with Gasteiger partial charge in [0, 0.05) is 13.1 Å². The van der Waals surface area contributed by atoms with Gasteiger partial charge in [0.1, 0.15) is 12.9 Å². The number of likely N-dealkylation sites (tertiary alicyclic amines) is 1. The van der Waals surface area contributed by atoms with Crippen molar-refractivity contribution >= 4 is 13.4 Å². The van der Waals surface area contributed by atoms with Gasteiger partial charge in [-0.05, 0) is 26.6 Å². The number of hydrogen-bond donors (Lipinski definition) is 1. The Kier molecular flexibility index (Phi) is 3.65. The molecule has 1 heterocycles. The highest BCUT2D eigenvalue weighted by Crippen LogP contribution is 2.23. The predicted molar refractivity (Wildman–Crippen MR) is 60.6 cm³/mol. The molecule has 0 unspecified atom stereocenters. The molecule has 86 valence electrons. The normalized spacial score (nSPS) is 26.6. The third-order valence-electron chi connectivity index (χ3n) is 2.58. The lowest BCUT2D eigenvalue weighted by Gasteiger charge is -2.24. The van der Waals surface area contributed by atoms with Crippen LogP contribution in [0.15, 0.2) is 0 Å². The molecule has 1 fully saturated rings. The lowest BCUT2D eigenvalue weighted by atomic mass is 9.65. The van der Waals surface area contributed by atoms with Crippen LogP contribution in [0.5, 0.6) is 0 Å². The van der Waals surface area contributed by atoms with E-state index in [0.717, 1.165) is 7.28 Å². The summed E-state index contributed by atoms with van der Waals surface area (Å²) in [6.07, 6.45) is -0.722. The number of carbonyl (C=O) groups is 1. The zero-order valence-corrected chi connectivity index (χ0v) is 9.99. The van der Waals surface area contributed by atoms with Crippen molar-refractivity contribution in [3.63, 3.8) is 0 Å². The monoisotopic (exact) mass is 213 g/mol. The first kappa shape index (κ1) is 12.4. The summed E-state index contributed by atoms with van der Waals surface area (Å²) in [6.45, 7) is 8.55. The summed E-state index contributed by atoms with van der Waals surface area (Å²) >= 11 is 0. The zero-order valence-electron chi connectivity index (χ0n) is 9.99. The Hall–Kier alpha value is -0.705. The molecule has 0 aliphatic carbocycles. The molecule has 1 amide bonds. The number of hydrogen-bond acceptors (Lipinski definition) is 3. The number of aliphatic hydroxyl groups is 1. The fourth-order valence-electron chi connectivity index (χ4n) is 1.73. The minimum absolute atomic E-state index is 0.192. The van der Waals surface area contributed by atoms with E-state index in [1.165, 1.54) is 0 Å². The minimum Gasteiger partial charge on any atom is -0.444 e. The summed E-state index contributed by atoms with van der Waals surface area (Å²) in [6, 6.07) is 0. The molecular formula is C10H20BNO3. The van der Waals surface area contributed by atoms with E-state index < -0.39 is 11.7 Å². The number of ether oxygens (including phenoxy) is 1. The summed E-state index contributed by atoms with van der Waals surface area (Å²) in [5.74, 6) is 0.192. The van der Waals surface area contributed by atoms with Crippen LogP contribution in [0.3, 0.4) is 0 Å². The second-order valence-corrected chi connectivity index (χ2v) is 5.12. The van der Waals surface area contributed by atoms with Crippen LogP contribution in [0.2, 0.25) is 12.6 Å². The van der Waals surface area contributed by atoms with Gasteiger partial charge in [-0.3, -0.25) is 0 Å². The van der Waals surface area contributed by atoms with Crippen LogP contribution < -0.4 is 0 Å². The number of nitrogens with zero attached hydrogens (tertiary/aromatic N) is 1. The van der Waals surface area contributed by atoms with Crippen LogP contribution in [0.4, 0.5) is 4.79 Å². The number of carbonyl (C=O) groups excluding carboxylic acids is 1. The molecule has 0 radical (unpaired) electrons. The van der Waals surface area contributed by atoms with Gasteiger partial charge >= 0.3 is 6.09 Å². The van der Waals surface area contributed by atoms with Crippen molar-refractivity contribution in [2.75, 3.05) is 13.1 Å². The Bertz CT molecular complexity index is 239. The molecule has 5 heteroatoms. The van der Waals surface area contributed by atoms with E-state index in [0.29, 0.717) is 13.1 Å². The first-order valence-corrected chi connectivity index (χ1v) is 5.49. The molecule has 0 spiro atoms. The van der Waals surface area contributed by atoms with Crippen LogP contribution in [0.1, 0.15) is 20.8 Å². The topological polar surface area (TPSA) is 49.8 Å². The Morgan fingerprint density at radius 3 is 2.47 bits per heavy atom. The number of amides is 1. The van der Waals surface area contributed by atoms with Crippen molar-refractivity contribution in [1.29, 1.82) is 0 Å². The molecule has 1 aliphatic heterocycles. The van der Waals surface area contributed by atoms with Crippen LogP contribution in [0, 0.1) is 0 Å². The maximum Gasteiger partial charge on any atom is 0.410 e. The standard InChI is InChI=1S/C10H20BNO3/c1-10(2,3)15-9(14)12-5-7(11-4)8(13)6-12/h7-8,11,13H,5-6H2,1-4H3/t7-,8-/m0/s1. The quantitative estimate of drug-likeness (QED) is 0.657. The van der Waals surface area contributed by atoms with E-state index in [4.69, 9.17) is 4.74 Å². The minimum atomic E-state index is -0.466. The summed E-state index contributed by atoms with van der Waals surface area (Å²) in [5, 5.41) is 9.66. The third-order valence-corrected chi connectivity index (χ3v) is 2.58. The molecule has 0 aromatic rings. The van der Waals surface area contributed by atoms with Crippen molar-refractivity contribution in [2.24, 2.45) is 0 Å². The van der Waals surface area contributed by atoms with Crippen LogP contribution in [-0.2, 0) is 4.74 Å².